The van der Waals surface area contributed by atoms with Crippen LogP contribution in [0.15, 0.2) is 36.2 Å². The molecule has 0 amide bonds. The summed E-state index contributed by atoms with van der Waals surface area (Å²) in [4.78, 5) is 4.11. The van der Waals surface area contributed by atoms with Crippen molar-refractivity contribution in [2.24, 2.45) is 28.6 Å². The minimum atomic E-state index is -0.534. The fourth-order valence-electron chi connectivity index (χ4n) is 7.38. The van der Waals surface area contributed by atoms with Gasteiger partial charge in [-0.1, -0.05) is 31.6 Å². The molecule has 0 aliphatic heterocycles. The van der Waals surface area contributed by atoms with Gasteiger partial charge in [0.05, 0.1) is 11.8 Å². The Balaban J connectivity index is 1.47. The van der Waals surface area contributed by atoms with Crippen LogP contribution in [0.4, 0.5) is 4.39 Å². The number of aromatic nitrogens is 1. The second-order valence-electron chi connectivity index (χ2n) is 10.6. The van der Waals surface area contributed by atoms with Crippen LogP contribution in [0.5, 0.6) is 0 Å². The summed E-state index contributed by atoms with van der Waals surface area (Å²) in [5, 5.41) is 10.6. The Hall–Kier alpha value is -1.48. The van der Waals surface area contributed by atoms with Gasteiger partial charge in [0.2, 0.25) is 0 Å². The molecule has 5 rings (SSSR count). The van der Waals surface area contributed by atoms with Crippen molar-refractivity contribution in [1.82, 2.24) is 4.98 Å². The predicted octanol–water partition coefficient (Wildman–Crippen LogP) is 5.93. The molecule has 0 spiro atoms. The Morgan fingerprint density at radius 2 is 1.82 bits per heavy atom. The number of rotatable bonds is 1. The van der Waals surface area contributed by atoms with Crippen molar-refractivity contribution in [1.29, 1.82) is 0 Å². The lowest BCUT2D eigenvalue weighted by Gasteiger charge is -2.58. The normalized spacial score (nSPS) is 44.8. The molecule has 0 unspecified atom stereocenters. The van der Waals surface area contributed by atoms with Gasteiger partial charge < -0.3 is 5.11 Å². The van der Waals surface area contributed by atoms with E-state index in [1.807, 2.05) is 13.1 Å². The first-order valence-corrected chi connectivity index (χ1v) is 11.0. The lowest BCUT2D eigenvalue weighted by molar-refractivity contribution is -0.0486. The smallest absolute Gasteiger partial charge is 0.142 e. The highest BCUT2D eigenvalue weighted by Crippen LogP contribution is 2.66. The molecule has 2 saturated carbocycles. The summed E-state index contributed by atoms with van der Waals surface area (Å²) >= 11 is 0. The summed E-state index contributed by atoms with van der Waals surface area (Å²) in [6.45, 7) is 6.87. The third-order valence-electron chi connectivity index (χ3n) is 8.98. The number of pyridine rings is 1. The zero-order valence-corrected chi connectivity index (χ0v) is 17.3. The Morgan fingerprint density at radius 1 is 1.00 bits per heavy atom. The van der Waals surface area contributed by atoms with Crippen LogP contribution in [0.25, 0.3) is 5.57 Å². The van der Waals surface area contributed by atoms with E-state index in [0.29, 0.717) is 17.8 Å². The fourth-order valence-corrected chi connectivity index (χ4v) is 7.38. The molecule has 1 aromatic heterocycles. The van der Waals surface area contributed by atoms with E-state index in [4.69, 9.17) is 0 Å². The molecule has 28 heavy (non-hydrogen) atoms. The highest BCUT2D eigenvalue weighted by atomic mass is 19.1. The Morgan fingerprint density at radius 3 is 2.61 bits per heavy atom. The molecule has 1 heterocycles. The predicted molar refractivity (Wildman–Crippen MR) is 110 cm³/mol. The number of hydrogen-bond acceptors (Lipinski definition) is 2. The van der Waals surface area contributed by atoms with Gasteiger partial charge in [-0.05, 0) is 97.7 Å². The second-order valence-corrected chi connectivity index (χ2v) is 10.6. The van der Waals surface area contributed by atoms with Crippen molar-refractivity contribution < 1.29 is 9.50 Å². The van der Waals surface area contributed by atoms with E-state index in [-0.39, 0.29) is 16.6 Å². The quantitative estimate of drug-likeness (QED) is 0.612. The third-order valence-corrected chi connectivity index (χ3v) is 8.98. The maximum atomic E-state index is 13.8. The van der Waals surface area contributed by atoms with Crippen molar-refractivity contribution >= 4 is 5.57 Å². The molecule has 6 atom stereocenters. The average molecular weight is 382 g/mol. The summed E-state index contributed by atoms with van der Waals surface area (Å²) < 4.78 is 13.8. The van der Waals surface area contributed by atoms with E-state index >= 15 is 0 Å². The molecule has 1 aromatic rings. The standard InChI is InChI=1S/C25H32FNO/c1-23(28)10-11-24(2)17(13-23)4-5-19-21-7-6-20(16-12-18(26)15-27-14-16)25(21,3)9-8-22(19)24/h4,6,12,14-15,19,21-22,28H,5,7-11,13H2,1-3H3/t19-,21-,22-,23+,24-,25+/m0/s1. The van der Waals surface area contributed by atoms with Gasteiger partial charge in [-0.2, -0.15) is 0 Å². The number of halogens is 1. The zero-order valence-electron chi connectivity index (χ0n) is 17.3. The molecule has 1 N–H and O–H groups in total. The van der Waals surface area contributed by atoms with Crippen LogP contribution < -0.4 is 0 Å². The average Bonchev–Trinajstić information content (AvgIpc) is 2.99. The van der Waals surface area contributed by atoms with Gasteiger partial charge in [0, 0.05) is 6.20 Å². The number of fused-ring (bicyclic) bond motifs is 5. The van der Waals surface area contributed by atoms with Gasteiger partial charge in [-0.25, -0.2) is 4.39 Å². The number of nitrogens with zero attached hydrogens (tertiary/aromatic N) is 1. The summed E-state index contributed by atoms with van der Waals surface area (Å²) in [6.07, 6.45) is 15.4. The fraction of sp³-hybridized carbons (Fsp3) is 0.640. The molecule has 0 radical (unpaired) electrons. The van der Waals surface area contributed by atoms with Gasteiger partial charge in [-0.3, -0.25) is 4.98 Å². The molecule has 4 aliphatic carbocycles. The van der Waals surface area contributed by atoms with E-state index in [1.54, 1.807) is 6.07 Å². The van der Waals surface area contributed by atoms with Crippen molar-refractivity contribution in [2.45, 2.75) is 71.3 Å². The molecule has 3 heteroatoms. The van der Waals surface area contributed by atoms with Crippen LogP contribution in [0.1, 0.15) is 71.3 Å². The zero-order chi connectivity index (χ0) is 19.7. The number of aliphatic hydroxyl groups is 1. The highest BCUT2D eigenvalue weighted by molar-refractivity contribution is 5.72. The third kappa shape index (κ3) is 2.58. The van der Waals surface area contributed by atoms with Crippen LogP contribution in [-0.2, 0) is 0 Å². The summed E-state index contributed by atoms with van der Waals surface area (Å²) in [6, 6.07) is 1.65. The van der Waals surface area contributed by atoms with E-state index < -0.39 is 5.60 Å². The summed E-state index contributed by atoms with van der Waals surface area (Å²) in [5.41, 5.74) is 3.63. The maximum absolute atomic E-state index is 13.8. The maximum Gasteiger partial charge on any atom is 0.142 e. The van der Waals surface area contributed by atoms with E-state index in [9.17, 15) is 9.50 Å². The van der Waals surface area contributed by atoms with Crippen LogP contribution in [0, 0.1) is 34.4 Å². The lowest BCUT2D eigenvalue weighted by atomic mass is 9.46. The van der Waals surface area contributed by atoms with Crippen molar-refractivity contribution in [3.05, 3.63) is 47.6 Å². The first kappa shape index (κ1) is 18.5. The minimum absolute atomic E-state index is 0.124. The first-order chi connectivity index (χ1) is 13.2. The van der Waals surface area contributed by atoms with Gasteiger partial charge in [0.15, 0.2) is 0 Å². The van der Waals surface area contributed by atoms with Gasteiger partial charge in [0.1, 0.15) is 5.82 Å². The molecule has 150 valence electrons. The van der Waals surface area contributed by atoms with Gasteiger partial charge in [0.25, 0.3) is 0 Å². The van der Waals surface area contributed by atoms with Crippen molar-refractivity contribution in [3.63, 3.8) is 0 Å². The molecule has 0 aromatic carbocycles. The minimum Gasteiger partial charge on any atom is -0.390 e. The lowest BCUT2D eigenvalue weighted by Crippen LogP contribution is -2.51. The SMILES string of the molecule is C[C@@]1(O)CC[C@@]2(C)C(=CC[C@@H]3[C@@H]2CC[C@]2(C)C(c4cncc(F)c4)=CC[C@@H]32)C1. The Labute approximate surface area is 168 Å². The number of allylic oxidation sites excluding steroid dienone is 3. The van der Waals surface area contributed by atoms with Crippen molar-refractivity contribution in [3.8, 4) is 0 Å². The number of hydrogen-bond donors (Lipinski definition) is 1. The van der Waals surface area contributed by atoms with Crippen LogP contribution in [-0.4, -0.2) is 15.7 Å². The molecule has 0 saturated heterocycles. The van der Waals surface area contributed by atoms with E-state index in [1.165, 1.54) is 30.2 Å². The summed E-state index contributed by atoms with van der Waals surface area (Å²) in [5.74, 6) is 1.78. The first-order valence-electron chi connectivity index (χ1n) is 11.0. The molecular weight excluding hydrogens is 349 g/mol. The van der Waals surface area contributed by atoms with Crippen molar-refractivity contribution in [2.75, 3.05) is 0 Å². The van der Waals surface area contributed by atoms with Gasteiger partial charge in [-0.15, -0.1) is 0 Å². The summed E-state index contributed by atoms with van der Waals surface area (Å²) in [7, 11) is 0. The second kappa shape index (κ2) is 6.01. The topological polar surface area (TPSA) is 33.1 Å². The molecule has 4 aliphatic rings. The Kier molecular flexibility index (Phi) is 3.98. The highest BCUT2D eigenvalue weighted by Gasteiger charge is 2.57. The van der Waals surface area contributed by atoms with Crippen LogP contribution >= 0.6 is 0 Å². The van der Waals surface area contributed by atoms with Gasteiger partial charge >= 0.3 is 0 Å². The monoisotopic (exact) mass is 381 g/mol. The molecule has 2 nitrogen and oxygen atoms in total. The largest absolute Gasteiger partial charge is 0.390 e. The van der Waals surface area contributed by atoms with Crippen LogP contribution in [0.3, 0.4) is 0 Å². The van der Waals surface area contributed by atoms with E-state index in [0.717, 1.165) is 37.7 Å². The molecule has 2 fully saturated rings. The molecule has 0 bridgehead atoms. The van der Waals surface area contributed by atoms with E-state index in [2.05, 4.69) is 31.0 Å². The van der Waals surface area contributed by atoms with Crippen LogP contribution in [0.2, 0.25) is 0 Å². The molecular formula is C25H32FNO. The Bertz CT molecular complexity index is 871.